The lowest BCUT2D eigenvalue weighted by Crippen LogP contribution is -2.39. The summed E-state index contributed by atoms with van der Waals surface area (Å²) in [6.07, 6.45) is 7.20. The predicted octanol–water partition coefficient (Wildman–Crippen LogP) is 3.36. The highest BCUT2D eigenvalue weighted by Gasteiger charge is 2.48. The molecule has 5 heteroatoms. The summed E-state index contributed by atoms with van der Waals surface area (Å²) in [6, 6.07) is 4.68. The number of thiophene rings is 1. The maximum Gasteiger partial charge on any atom is 0.226 e. The van der Waals surface area contributed by atoms with Gasteiger partial charge in [0, 0.05) is 34.3 Å². The topological polar surface area (TPSA) is 38.1 Å². The van der Waals surface area contributed by atoms with E-state index in [1.54, 1.807) is 0 Å². The molecule has 0 aromatic carbocycles. The molecule has 0 unspecified atom stereocenters. The first-order valence-corrected chi connectivity index (χ1v) is 9.29. The summed E-state index contributed by atoms with van der Waals surface area (Å²) in [7, 11) is 0. The summed E-state index contributed by atoms with van der Waals surface area (Å²) >= 11 is 1.84. The Hall–Kier alpha value is -1.62. The van der Waals surface area contributed by atoms with E-state index in [-0.39, 0.29) is 5.92 Å². The zero-order valence-electron chi connectivity index (χ0n) is 13.7. The summed E-state index contributed by atoms with van der Waals surface area (Å²) in [5.41, 5.74) is 1.18. The summed E-state index contributed by atoms with van der Waals surface area (Å²) in [4.78, 5) is 17.8. The number of likely N-dealkylation sites (tertiary alicyclic amines) is 1. The summed E-state index contributed by atoms with van der Waals surface area (Å²) < 4.78 is 1.98. The van der Waals surface area contributed by atoms with E-state index >= 15 is 0 Å². The van der Waals surface area contributed by atoms with Gasteiger partial charge in [-0.05, 0) is 50.8 Å². The van der Waals surface area contributed by atoms with Crippen molar-refractivity contribution in [3.05, 3.63) is 39.8 Å². The lowest BCUT2D eigenvalue weighted by atomic mass is 10.2. The number of aryl methyl sites for hydroxylation is 2. The largest absolute Gasteiger partial charge is 0.338 e. The minimum Gasteiger partial charge on any atom is -0.338 e. The van der Waals surface area contributed by atoms with Gasteiger partial charge in [0.1, 0.15) is 0 Å². The summed E-state index contributed by atoms with van der Waals surface area (Å²) in [6.45, 7) is 5.93. The minimum atomic E-state index is 0.216. The molecule has 0 N–H and O–H groups in total. The zero-order chi connectivity index (χ0) is 16.0. The maximum absolute atomic E-state index is 12.9. The molecule has 4 rings (SSSR count). The molecule has 2 fully saturated rings. The first-order chi connectivity index (χ1) is 11.1. The number of rotatable bonds is 4. The molecule has 122 valence electrons. The van der Waals surface area contributed by atoms with E-state index in [0.29, 0.717) is 17.9 Å². The molecule has 0 radical (unpaired) electrons. The molecule has 1 saturated heterocycles. The van der Waals surface area contributed by atoms with Crippen LogP contribution in [0, 0.1) is 19.8 Å². The van der Waals surface area contributed by atoms with Crippen LogP contribution in [-0.4, -0.2) is 33.2 Å². The molecular formula is C18H23N3OS. The van der Waals surface area contributed by atoms with Crippen molar-refractivity contribution in [2.75, 3.05) is 6.54 Å². The molecule has 2 aromatic rings. The molecule has 1 amide bonds. The van der Waals surface area contributed by atoms with Crippen molar-refractivity contribution in [2.45, 2.75) is 51.6 Å². The summed E-state index contributed by atoms with van der Waals surface area (Å²) in [5, 5.41) is 4.38. The van der Waals surface area contributed by atoms with Crippen LogP contribution >= 0.6 is 11.3 Å². The van der Waals surface area contributed by atoms with Gasteiger partial charge >= 0.3 is 0 Å². The van der Waals surface area contributed by atoms with Gasteiger partial charge < -0.3 is 4.90 Å². The van der Waals surface area contributed by atoms with Gasteiger partial charge in [0.15, 0.2) is 0 Å². The van der Waals surface area contributed by atoms with Crippen LogP contribution in [0.25, 0.3) is 0 Å². The smallest absolute Gasteiger partial charge is 0.226 e. The molecule has 1 aliphatic carbocycles. The second kappa shape index (κ2) is 5.78. The quantitative estimate of drug-likeness (QED) is 0.863. The lowest BCUT2D eigenvalue weighted by molar-refractivity contribution is -0.133. The fourth-order valence-corrected chi connectivity index (χ4v) is 4.80. The van der Waals surface area contributed by atoms with Crippen molar-refractivity contribution in [1.29, 1.82) is 0 Å². The van der Waals surface area contributed by atoms with Crippen LogP contribution in [-0.2, 0) is 11.3 Å². The normalized spacial score (nSPS) is 26.7. The van der Waals surface area contributed by atoms with Gasteiger partial charge in [-0.25, -0.2) is 0 Å². The Kier molecular flexibility index (Phi) is 3.76. The van der Waals surface area contributed by atoms with Crippen LogP contribution in [0.3, 0.4) is 0 Å². The van der Waals surface area contributed by atoms with Crippen LogP contribution in [0.2, 0.25) is 0 Å². The second-order valence-electron chi connectivity index (χ2n) is 6.96. The highest BCUT2D eigenvalue weighted by atomic mass is 32.1. The van der Waals surface area contributed by atoms with E-state index in [4.69, 9.17) is 0 Å². The van der Waals surface area contributed by atoms with E-state index in [9.17, 15) is 4.79 Å². The van der Waals surface area contributed by atoms with E-state index in [0.717, 1.165) is 32.4 Å². The Morgan fingerprint density at radius 3 is 2.96 bits per heavy atom. The Labute approximate surface area is 141 Å². The lowest BCUT2D eigenvalue weighted by Gasteiger charge is -2.25. The number of carbonyl (C=O) groups excluding carboxylic acids is 1. The number of carbonyl (C=O) groups is 1. The third-order valence-electron chi connectivity index (χ3n) is 5.05. The van der Waals surface area contributed by atoms with E-state index < -0.39 is 0 Å². The third kappa shape index (κ3) is 2.94. The Morgan fingerprint density at radius 1 is 1.39 bits per heavy atom. The third-order valence-corrected chi connectivity index (χ3v) is 6.19. The van der Waals surface area contributed by atoms with E-state index in [2.05, 4.69) is 42.2 Å². The van der Waals surface area contributed by atoms with Crippen molar-refractivity contribution in [3.63, 3.8) is 0 Å². The van der Waals surface area contributed by atoms with Crippen molar-refractivity contribution in [3.8, 4) is 0 Å². The van der Waals surface area contributed by atoms with Crippen LogP contribution in [0.1, 0.15) is 40.5 Å². The van der Waals surface area contributed by atoms with Crippen molar-refractivity contribution in [2.24, 2.45) is 5.92 Å². The molecular weight excluding hydrogens is 306 g/mol. The predicted molar refractivity (Wildman–Crippen MR) is 91.6 cm³/mol. The van der Waals surface area contributed by atoms with Gasteiger partial charge in [0.2, 0.25) is 5.91 Å². The molecule has 2 aliphatic rings. The van der Waals surface area contributed by atoms with Crippen molar-refractivity contribution < 1.29 is 4.79 Å². The molecule has 1 aliphatic heterocycles. The Bertz CT molecular complexity index is 719. The highest BCUT2D eigenvalue weighted by Crippen LogP contribution is 2.51. The average molecular weight is 329 g/mol. The molecule has 4 nitrogen and oxygen atoms in total. The fourth-order valence-electron chi connectivity index (χ4n) is 3.75. The number of amides is 1. The molecule has 0 bridgehead atoms. The SMILES string of the molecule is Cc1cnn(C[C@@H]2CCCN2C(=O)[C@@H]2C[C@@H]2c2ccc(C)s2)c1. The van der Waals surface area contributed by atoms with Gasteiger partial charge in [-0.3, -0.25) is 9.48 Å². The Morgan fingerprint density at radius 2 is 2.26 bits per heavy atom. The number of hydrogen-bond donors (Lipinski definition) is 0. The molecule has 0 spiro atoms. The maximum atomic E-state index is 12.9. The Balaban J connectivity index is 1.41. The van der Waals surface area contributed by atoms with Gasteiger partial charge in [0.25, 0.3) is 0 Å². The van der Waals surface area contributed by atoms with Gasteiger partial charge in [0.05, 0.1) is 18.8 Å². The first-order valence-electron chi connectivity index (χ1n) is 8.47. The molecule has 3 heterocycles. The zero-order valence-corrected chi connectivity index (χ0v) is 14.6. The molecule has 2 aromatic heterocycles. The highest BCUT2D eigenvalue weighted by molar-refractivity contribution is 7.12. The van der Waals surface area contributed by atoms with Crippen LogP contribution < -0.4 is 0 Å². The first kappa shape index (κ1) is 14.9. The average Bonchev–Trinajstić information content (AvgIpc) is 2.86. The molecule has 23 heavy (non-hydrogen) atoms. The van der Waals surface area contributed by atoms with Crippen LogP contribution in [0.15, 0.2) is 24.5 Å². The standard InChI is InChI=1S/C18H23N3OS/c1-12-9-19-20(10-12)11-14-4-3-7-21(14)18(22)16-8-15(16)17-6-5-13(2)23-17/h5-6,9-10,14-16H,3-4,7-8,11H2,1-2H3/t14-,15-,16+/m0/s1. The van der Waals surface area contributed by atoms with Crippen LogP contribution in [0.4, 0.5) is 0 Å². The monoisotopic (exact) mass is 329 g/mol. The second-order valence-corrected chi connectivity index (χ2v) is 8.28. The van der Waals surface area contributed by atoms with E-state index in [1.807, 2.05) is 22.2 Å². The van der Waals surface area contributed by atoms with Gasteiger partial charge in [-0.1, -0.05) is 0 Å². The minimum absolute atomic E-state index is 0.216. The molecule has 1 saturated carbocycles. The van der Waals surface area contributed by atoms with Crippen molar-refractivity contribution in [1.82, 2.24) is 14.7 Å². The van der Waals surface area contributed by atoms with Gasteiger partial charge in [-0.15, -0.1) is 11.3 Å². The number of hydrogen-bond acceptors (Lipinski definition) is 3. The van der Waals surface area contributed by atoms with Gasteiger partial charge in [-0.2, -0.15) is 5.10 Å². The summed E-state index contributed by atoms with van der Waals surface area (Å²) in [5.74, 6) is 1.05. The fraction of sp³-hybridized carbons (Fsp3) is 0.556. The van der Waals surface area contributed by atoms with Crippen LogP contribution in [0.5, 0.6) is 0 Å². The number of aromatic nitrogens is 2. The number of nitrogens with zero attached hydrogens (tertiary/aromatic N) is 3. The van der Waals surface area contributed by atoms with E-state index in [1.165, 1.54) is 15.3 Å². The molecule has 3 atom stereocenters. The van der Waals surface area contributed by atoms with Crippen molar-refractivity contribution >= 4 is 17.2 Å².